The molecule has 0 spiro atoms. The predicted octanol–water partition coefficient (Wildman–Crippen LogP) is 1.40. The van der Waals surface area contributed by atoms with Crippen LogP contribution in [0.3, 0.4) is 0 Å². The summed E-state index contributed by atoms with van der Waals surface area (Å²) in [6, 6.07) is 0.0334. The lowest BCUT2D eigenvalue weighted by molar-refractivity contribution is -0.153. The SMILES string of the molecule is CCCC(C)NC(=O)C(C)(C)C(=O)O. The third-order valence-electron chi connectivity index (χ3n) is 2.20. The van der Waals surface area contributed by atoms with E-state index in [2.05, 4.69) is 5.32 Å². The van der Waals surface area contributed by atoms with Gasteiger partial charge >= 0.3 is 5.97 Å². The highest BCUT2D eigenvalue weighted by atomic mass is 16.4. The Labute approximate surface area is 84.7 Å². The first-order valence-electron chi connectivity index (χ1n) is 4.86. The number of hydrogen-bond donors (Lipinski definition) is 2. The molecule has 0 aromatic heterocycles. The highest BCUT2D eigenvalue weighted by molar-refractivity contribution is 6.01. The summed E-state index contributed by atoms with van der Waals surface area (Å²) in [5.41, 5.74) is -1.35. The molecule has 0 heterocycles. The molecule has 0 radical (unpaired) electrons. The number of carboxylic acid groups (broad SMARTS) is 1. The minimum atomic E-state index is -1.35. The van der Waals surface area contributed by atoms with Crippen molar-refractivity contribution in [2.75, 3.05) is 0 Å². The van der Waals surface area contributed by atoms with Crippen molar-refractivity contribution < 1.29 is 14.7 Å². The Morgan fingerprint density at radius 1 is 1.43 bits per heavy atom. The number of carboxylic acids is 1. The second-order valence-electron chi connectivity index (χ2n) is 4.09. The van der Waals surface area contributed by atoms with Gasteiger partial charge < -0.3 is 10.4 Å². The van der Waals surface area contributed by atoms with Crippen molar-refractivity contribution in [3.63, 3.8) is 0 Å². The third kappa shape index (κ3) is 3.36. The van der Waals surface area contributed by atoms with Gasteiger partial charge in [-0.3, -0.25) is 9.59 Å². The number of amides is 1. The fourth-order valence-corrected chi connectivity index (χ4v) is 1.01. The molecule has 0 fully saturated rings. The van der Waals surface area contributed by atoms with E-state index in [1.165, 1.54) is 13.8 Å². The van der Waals surface area contributed by atoms with E-state index in [0.29, 0.717) is 0 Å². The standard InChI is InChI=1S/C10H19NO3/c1-5-6-7(2)11-8(12)10(3,4)9(13)14/h7H,5-6H2,1-4H3,(H,11,12)(H,13,14). The van der Waals surface area contributed by atoms with Gasteiger partial charge in [-0.2, -0.15) is 0 Å². The largest absolute Gasteiger partial charge is 0.480 e. The summed E-state index contributed by atoms with van der Waals surface area (Å²) in [6.07, 6.45) is 1.83. The topological polar surface area (TPSA) is 66.4 Å². The van der Waals surface area contributed by atoms with E-state index in [1.54, 1.807) is 0 Å². The molecule has 4 nitrogen and oxygen atoms in total. The second kappa shape index (κ2) is 4.98. The molecule has 0 aromatic carbocycles. The monoisotopic (exact) mass is 201 g/mol. The normalized spacial score (nSPS) is 13.4. The van der Waals surface area contributed by atoms with Gasteiger partial charge in [-0.05, 0) is 27.2 Å². The van der Waals surface area contributed by atoms with Gasteiger partial charge in [-0.15, -0.1) is 0 Å². The minimum absolute atomic E-state index is 0.0334. The first-order valence-corrected chi connectivity index (χ1v) is 4.86. The highest BCUT2D eigenvalue weighted by Gasteiger charge is 2.36. The Hall–Kier alpha value is -1.06. The molecule has 0 bridgehead atoms. The van der Waals surface area contributed by atoms with E-state index in [4.69, 9.17) is 5.11 Å². The molecule has 82 valence electrons. The molecule has 0 aliphatic rings. The lowest BCUT2D eigenvalue weighted by Gasteiger charge is -2.21. The van der Waals surface area contributed by atoms with E-state index in [1.807, 2.05) is 13.8 Å². The van der Waals surface area contributed by atoms with Gasteiger partial charge in [0, 0.05) is 6.04 Å². The maximum absolute atomic E-state index is 11.5. The van der Waals surface area contributed by atoms with Gasteiger partial charge in [0.15, 0.2) is 0 Å². The molecule has 0 rings (SSSR count). The Morgan fingerprint density at radius 3 is 2.29 bits per heavy atom. The Morgan fingerprint density at radius 2 is 1.93 bits per heavy atom. The number of carbonyl (C=O) groups excluding carboxylic acids is 1. The molecule has 0 aliphatic carbocycles. The van der Waals surface area contributed by atoms with Crippen LogP contribution in [0.5, 0.6) is 0 Å². The summed E-state index contributed by atoms with van der Waals surface area (Å²) in [7, 11) is 0. The fraction of sp³-hybridized carbons (Fsp3) is 0.800. The molecule has 0 aromatic rings. The molecule has 0 aliphatic heterocycles. The maximum atomic E-state index is 11.5. The Kier molecular flexibility index (Phi) is 4.60. The van der Waals surface area contributed by atoms with E-state index in [9.17, 15) is 9.59 Å². The van der Waals surface area contributed by atoms with Crippen LogP contribution in [-0.4, -0.2) is 23.0 Å². The van der Waals surface area contributed by atoms with Crippen molar-refractivity contribution in [3.05, 3.63) is 0 Å². The molecule has 0 saturated heterocycles. The van der Waals surface area contributed by atoms with Gasteiger partial charge in [-0.1, -0.05) is 13.3 Å². The summed E-state index contributed by atoms with van der Waals surface area (Å²) in [4.78, 5) is 22.2. The molecular formula is C10H19NO3. The summed E-state index contributed by atoms with van der Waals surface area (Å²) >= 11 is 0. The molecule has 1 unspecified atom stereocenters. The van der Waals surface area contributed by atoms with E-state index >= 15 is 0 Å². The van der Waals surface area contributed by atoms with Crippen LogP contribution >= 0.6 is 0 Å². The summed E-state index contributed by atoms with van der Waals surface area (Å²) in [5, 5.41) is 11.5. The van der Waals surface area contributed by atoms with Crippen LogP contribution < -0.4 is 5.32 Å². The molecular weight excluding hydrogens is 182 g/mol. The second-order valence-corrected chi connectivity index (χ2v) is 4.09. The zero-order valence-corrected chi connectivity index (χ0v) is 9.26. The van der Waals surface area contributed by atoms with Crippen molar-refractivity contribution in [1.29, 1.82) is 0 Å². The molecule has 4 heteroatoms. The van der Waals surface area contributed by atoms with Gasteiger partial charge in [-0.25, -0.2) is 0 Å². The van der Waals surface area contributed by atoms with Gasteiger partial charge in [0.2, 0.25) is 5.91 Å². The van der Waals surface area contributed by atoms with Crippen molar-refractivity contribution in [2.45, 2.75) is 46.6 Å². The highest BCUT2D eigenvalue weighted by Crippen LogP contribution is 2.15. The molecule has 2 N–H and O–H groups in total. The molecule has 0 saturated carbocycles. The molecule has 1 atom stereocenters. The predicted molar refractivity (Wildman–Crippen MR) is 53.9 cm³/mol. The fourth-order valence-electron chi connectivity index (χ4n) is 1.01. The third-order valence-corrected chi connectivity index (χ3v) is 2.20. The van der Waals surface area contributed by atoms with Crippen molar-refractivity contribution in [1.82, 2.24) is 5.32 Å². The van der Waals surface area contributed by atoms with E-state index in [-0.39, 0.29) is 6.04 Å². The zero-order valence-electron chi connectivity index (χ0n) is 9.26. The van der Waals surface area contributed by atoms with Crippen LogP contribution in [0.4, 0.5) is 0 Å². The molecule has 1 amide bonds. The zero-order chi connectivity index (χ0) is 11.4. The lowest BCUT2D eigenvalue weighted by Crippen LogP contribution is -2.45. The Bertz CT molecular complexity index is 223. The first kappa shape index (κ1) is 12.9. The van der Waals surface area contributed by atoms with Gasteiger partial charge in [0.1, 0.15) is 5.41 Å². The van der Waals surface area contributed by atoms with E-state index < -0.39 is 17.3 Å². The summed E-state index contributed by atoms with van der Waals surface area (Å²) in [6.45, 7) is 6.71. The number of nitrogens with one attached hydrogen (secondary N) is 1. The lowest BCUT2D eigenvalue weighted by atomic mass is 9.92. The minimum Gasteiger partial charge on any atom is -0.480 e. The molecule has 14 heavy (non-hydrogen) atoms. The number of carbonyl (C=O) groups is 2. The number of aliphatic carboxylic acids is 1. The van der Waals surface area contributed by atoms with Crippen molar-refractivity contribution >= 4 is 11.9 Å². The number of rotatable bonds is 5. The van der Waals surface area contributed by atoms with Crippen molar-refractivity contribution in [3.8, 4) is 0 Å². The van der Waals surface area contributed by atoms with Crippen LogP contribution in [-0.2, 0) is 9.59 Å². The Balaban J connectivity index is 4.27. The first-order chi connectivity index (χ1) is 6.32. The van der Waals surface area contributed by atoms with Gasteiger partial charge in [0.05, 0.1) is 0 Å². The van der Waals surface area contributed by atoms with E-state index in [0.717, 1.165) is 12.8 Å². The van der Waals surface area contributed by atoms with Crippen LogP contribution in [0, 0.1) is 5.41 Å². The average Bonchev–Trinajstić information content (AvgIpc) is 2.03. The number of hydrogen-bond acceptors (Lipinski definition) is 2. The quantitative estimate of drug-likeness (QED) is 0.661. The smallest absolute Gasteiger partial charge is 0.318 e. The average molecular weight is 201 g/mol. The van der Waals surface area contributed by atoms with Crippen LogP contribution in [0.2, 0.25) is 0 Å². The summed E-state index contributed by atoms with van der Waals surface area (Å²) < 4.78 is 0. The van der Waals surface area contributed by atoms with Crippen molar-refractivity contribution in [2.24, 2.45) is 5.41 Å². The van der Waals surface area contributed by atoms with Crippen LogP contribution in [0.1, 0.15) is 40.5 Å². The summed E-state index contributed by atoms with van der Waals surface area (Å²) in [5.74, 6) is -1.52. The maximum Gasteiger partial charge on any atom is 0.318 e. The van der Waals surface area contributed by atoms with Crippen LogP contribution in [0.25, 0.3) is 0 Å². The van der Waals surface area contributed by atoms with Crippen LogP contribution in [0.15, 0.2) is 0 Å². The van der Waals surface area contributed by atoms with Gasteiger partial charge in [0.25, 0.3) is 0 Å².